The fourth-order valence-electron chi connectivity index (χ4n) is 2.85. The van der Waals surface area contributed by atoms with Crippen LogP contribution in [0.15, 0.2) is 42.5 Å². The number of rotatable bonds is 3. The fourth-order valence-corrected chi connectivity index (χ4v) is 3.05. The summed E-state index contributed by atoms with van der Waals surface area (Å²) in [6.07, 6.45) is 2.15. The van der Waals surface area contributed by atoms with Gasteiger partial charge in [0.1, 0.15) is 5.75 Å². The normalized spacial score (nSPS) is 17.7. The predicted molar refractivity (Wildman–Crippen MR) is 86.9 cm³/mol. The number of halogens is 1. The average molecular weight is 302 g/mol. The molecule has 1 aliphatic rings. The molecule has 2 aromatic carbocycles. The summed E-state index contributed by atoms with van der Waals surface area (Å²) in [6.45, 7) is 3.68. The van der Waals surface area contributed by atoms with E-state index in [-0.39, 0.29) is 0 Å². The van der Waals surface area contributed by atoms with Crippen molar-refractivity contribution in [1.82, 2.24) is 5.32 Å². The lowest BCUT2D eigenvalue weighted by atomic mass is 9.99. The van der Waals surface area contributed by atoms with Gasteiger partial charge in [0.15, 0.2) is 0 Å². The van der Waals surface area contributed by atoms with Gasteiger partial charge in [-0.2, -0.15) is 0 Å². The van der Waals surface area contributed by atoms with Crippen LogP contribution in [0.1, 0.15) is 35.6 Å². The lowest BCUT2D eigenvalue weighted by Gasteiger charge is -2.19. The third-order valence-corrected chi connectivity index (χ3v) is 4.37. The first-order valence-electron chi connectivity index (χ1n) is 7.45. The molecule has 2 aromatic rings. The van der Waals surface area contributed by atoms with E-state index in [1.807, 2.05) is 18.2 Å². The third-order valence-electron chi connectivity index (χ3n) is 4.00. The van der Waals surface area contributed by atoms with Crippen LogP contribution in [-0.4, -0.2) is 6.61 Å². The van der Waals surface area contributed by atoms with Crippen molar-refractivity contribution in [3.63, 3.8) is 0 Å². The van der Waals surface area contributed by atoms with Crippen LogP contribution in [-0.2, 0) is 6.54 Å². The predicted octanol–water partition coefficient (Wildman–Crippen LogP) is 4.65. The molecule has 1 heterocycles. The van der Waals surface area contributed by atoms with Crippen molar-refractivity contribution < 1.29 is 4.74 Å². The summed E-state index contributed by atoms with van der Waals surface area (Å²) in [6, 6.07) is 14.7. The maximum Gasteiger partial charge on any atom is 0.126 e. The smallest absolute Gasteiger partial charge is 0.126 e. The van der Waals surface area contributed by atoms with Gasteiger partial charge in [0.2, 0.25) is 0 Å². The Kier molecular flexibility index (Phi) is 4.47. The molecule has 2 nitrogen and oxygen atoms in total. The van der Waals surface area contributed by atoms with Gasteiger partial charge in [-0.05, 0) is 37.0 Å². The van der Waals surface area contributed by atoms with Crippen LogP contribution in [0.25, 0.3) is 0 Å². The first-order valence-corrected chi connectivity index (χ1v) is 7.82. The Morgan fingerprint density at radius 3 is 2.90 bits per heavy atom. The molecule has 3 heteroatoms. The molecule has 0 amide bonds. The Morgan fingerprint density at radius 1 is 1.19 bits per heavy atom. The molecule has 0 spiro atoms. The third kappa shape index (κ3) is 3.22. The summed E-state index contributed by atoms with van der Waals surface area (Å²) in [4.78, 5) is 0. The van der Waals surface area contributed by atoms with Crippen LogP contribution in [0.2, 0.25) is 5.02 Å². The van der Waals surface area contributed by atoms with Crippen LogP contribution in [0.3, 0.4) is 0 Å². The largest absolute Gasteiger partial charge is 0.493 e. The van der Waals surface area contributed by atoms with Crippen molar-refractivity contribution in [3.05, 3.63) is 64.2 Å². The van der Waals surface area contributed by atoms with E-state index in [2.05, 4.69) is 36.5 Å². The minimum Gasteiger partial charge on any atom is -0.493 e. The summed E-state index contributed by atoms with van der Waals surface area (Å²) >= 11 is 6.23. The maximum atomic E-state index is 6.23. The van der Waals surface area contributed by atoms with Crippen molar-refractivity contribution in [2.45, 2.75) is 32.4 Å². The van der Waals surface area contributed by atoms with E-state index in [0.717, 1.165) is 42.3 Å². The molecular formula is C18H20ClNO. The number of hydrogen-bond acceptors (Lipinski definition) is 2. The molecule has 0 saturated carbocycles. The first-order chi connectivity index (χ1) is 10.3. The Morgan fingerprint density at radius 2 is 2.05 bits per heavy atom. The molecule has 21 heavy (non-hydrogen) atoms. The SMILES string of the molecule is Cc1cccc2c1OCCCC2NCc1ccccc1Cl. The Balaban J connectivity index is 1.80. The van der Waals surface area contributed by atoms with Gasteiger partial charge in [-0.25, -0.2) is 0 Å². The van der Waals surface area contributed by atoms with Gasteiger partial charge in [-0.1, -0.05) is 48.0 Å². The number of nitrogens with one attached hydrogen (secondary N) is 1. The molecule has 1 N–H and O–H groups in total. The molecule has 0 aromatic heterocycles. The van der Waals surface area contributed by atoms with E-state index in [4.69, 9.17) is 16.3 Å². The summed E-state index contributed by atoms with van der Waals surface area (Å²) in [5, 5.41) is 4.46. The Bertz CT molecular complexity index is 626. The molecule has 1 aliphatic heterocycles. The highest BCUT2D eigenvalue weighted by Crippen LogP contribution is 2.34. The Hall–Kier alpha value is -1.51. The summed E-state index contributed by atoms with van der Waals surface area (Å²) in [7, 11) is 0. The molecule has 0 fully saturated rings. The van der Waals surface area contributed by atoms with E-state index in [1.54, 1.807) is 0 Å². The van der Waals surface area contributed by atoms with Crippen molar-refractivity contribution >= 4 is 11.6 Å². The van der Waals surface area contributed by atoms with Crippen molar-refractivity contribution in [1.29, 1.82) is 0 Å². The summed E-state index contributed by atoms with van der Waals surface area (Å²) < 4.78 is 5.92. The minimum absolute atomic E-state index is 0.318. The monoisotopic (exact) mass is 301 g/mol. The summed E-state index contributed by atoms with van der Waals surface area (Å²) in [5.41, 5.74) is 3.61. The quantitative estimate of drug-likeness (QED) is 0.891. The molecule has 0 bridgehead atoms. The van der Waals surface area contributed by atoms with E-state index in [0.29, 0.717) is 6.04 Å². The average Bonchev–Trinajstić information content (AvgIpc) is 2.70. The second-order valence-corrected chi connectivity index (χ2v) is 5.92. The van der Waals surface area contributed by atoms with Gasteiger partial charge in [-0.15, -0.1) is 0 Å². The Labute approximate surface area is 131 Å². The standard InChI is InChI=1S/C18H20ClNO/c1-13-6-4-8-15-17(10-5-11-21-18(13)15)20-12-14-7-2-3-9-16(14)19/h2-4,6-9,17,20H,5,10-12H2,1H3. The van der Waals surface area contributed by atoms with E-state index in [1.165, 1.54) is 11.1 Å². The zero-order chi connectivity index (χ0) is 14.7. The fraction of sp³-hybridized carbons (Fsp3) is 0.333. The lowest BCUT2D eigenvalue weighted by Crippen LogP contribution is -2.20. The number of benzene rings is 2. The molecule has 0 aliphatic carbocycles. The highest BCUT2D eigenvalue weighted by molar-refractivity contribution is 6.31. The van der Waals surface area contributed by atoms with Gasteiger partial charge in [-0.3, -0.25) is 0 Å². The van der Waals surface area contributed by atoms with Gasteiger partial charge in [0.05, 0.1) is 6.61 Å². The number of ether oxygens (including phenoxy) is 1. The van der Waals surface area contributed by atoms with Gasteiger partial charge >= 0.3 is 0 Å². The zero-order valence-corrected chi connectivity index (χ0v) is 13.0. The van der Waals surface area contributed by atoms with Gasteiger partial charge in [0.25, 0.3) is 0 Å². The van der Waals surface area contributed by atoms with Gasteiger partial charge < -0.3 is 10.1 Å². The number of para-hydroxylation sites is 1. The van der Waals surface area contributed by atoms with Crippen LogP contribution in [0.5, 0.6) is 5.75 Å². The topological polar surface area (TPSA) is 21.3 Å². The molecule has 0 saturated heterocycles. The second kappa shape index (κ2) is 6.50. The first kappa shape index (κ1) is 14.4. The summed E-state index contributed by atoms with van der Waals surface area (Å²) in [5.74, 6) is 1.05. The van der Waals surface area contributed by atoms with E-state index >= 15 is 0 Å². The minimum atomic E-state index is 0.318. The van der Waals surface area contributed by atoms with Crippen molar-refractivity contribution in [2.24, 2.45) is 0 Å². The van der Waals surface area contributed by atoms with Gasteiger partial charge in [0, 0.05) is 23.2 Å². The second-order valence-electron chi connectivity index (χ2n) is 5.51. The number of fused-ring (bicyclic) bond motifs is 1. The molecule has 3 rings (SSSR count). The van der Waals surface area contributed by atoms with E-state index < -0.39 is 0 Å². The molecule has 110 valence electrons. The van der Waals surface area contributed by atoms with Crippen molar-refractivity contribution in [2.75, 3.05) is 6.61 Å². The number of hydrogen-bond donors (Lipinski definition) is 1. The highest BCUT2D eigenvalue weighted by atomic mass is 35.5. The van der Waals surface area contributed by atoms with Crippen LogP contribution in [0.4, 0.5) is 0 Å². The molecule has 1 unspecified atom stereocenters. The van der Waals surface area contributed by atoms with Crippen LogP contribution < -0.4 is 10.1 Å². The lowest BCUT2D eigenvalue weighted by molar-refractivity contribution is 0.313. The highest BCUT2D eigenvalue weighted by Gasteiger charge is 2.20. The maximum absolute atomic E-state index is 6.23. The van der Waals surface area contributed by atoms with Crippen molar-refractivity contribution in [3.8, 4) is 5.75 Å². The van der Waals surface area contributed by atoms with E-state index in [9.17, 15) is 0 Å². The van der Waals surface area contributed by atoms with Crippen LogP contribution >= 0.6 is 11.6 Å². The molecule has 0 radical (unpaired) electrons. The molecule has 1 atom stereocenters. The molecular weight excluding hydrogens is 282 g/mol. The zero-order valence-electron chi connectivity index (χ0n) is 12.2. The van der Waals surface area contributed by atoms with Crippen LogP contribution in [0, 0.1) is 6.92 Å². The number of aryl methyl sites for hydroxylation is 1.